The summed E-state index contributed by atoms with van der Waals surface area (Å²) >= 11 is 1.99. The Kier molecular flexibility index (Phi) is 5.63. The molecule has 5 heteroatoms. The number of nitrogens with one attached hydrogen (secondary N) is 2. The molecule has 2 rings (SSSR count). The Labute approximate surface area is 115 Å². The van der Waals surface area contributed by atoms with Crippen LogP contribution in [0.4, 0.5) is 0 Å². The smallest absolute Gasteiger partial charge is 0.206 e. The zero-order chi connectivity index (χ0) is 12.8. The van der Waals surface area contributed by atoms with E-state index in [1.807, 2.05) is 11.8 Å². The van der Waals surface area contributed by atoms with E-state index in [1.54, 1.807) is 0 Å². The van der Waals surface area contributed by atoms with Crippen molar-refractivity contribution in [3.63, 3.8) is 0 Å². The minimum atomic E-state index is 0.475. The van der Waals surface area contributed by atoms with E-state index in [9.17, 15) is 0 Å². The van der Waals surface area contributed by atoms with Gasteiger partial charge < -0.3 is 5.32 Å². The molecule has 0 aromatic carbocycles. The van der Waals surface area contributed by atoms with Gasteiger partial charge in [0.25, 0.3) is 0 Å². The number of aliphatic imine (C=N–C) groups is 1. The van der Waals surface area contributed by atoms with Crippen molar-refractivity contribution >= 4 is 17.7 Å². The van der Waals surface area contributed by atoms with Crippen molar-refractivity contribution in [3.8, 4) is 0 Å². The van der Waals surface area contributed by atoms with Crippen LogP contribution in [0.25, 0.3) is 0 Å². The van der Waals surface area contributed by atoms with Gasteiger partial charge in [-0.05, 0) is 38.4 Å². The summed E-state index contributed by atoms with van der Waals surface area (Å²) in [4.78, 5) is 4.70. The molecule has 2 atom stereocenters. The van der Waals surface area contributed by atoms with Crippen molar-refractivity contribution in [2.45, 2.75) is 68.7 Å². The molecule has 0 heterocycles. The maximum atomic E-state index is 5.59. The van der Waals surface area contributed by atoms with Crippen molar-refractivity contribution in [1.82, 2.24) is 10.7 Å². The van der Waals surface area contributed by atoms with Gasteiger partial charge in [-0.3, -0.25) is 5.43 Å². The minimum Gasteiger partial charge on any atom is -0.353 e. The molecular formula is C13H26N4S. The molecule has 4 N–H and O–H groups in total. The fraction of sp³-hybridized carbons (Fsp3) is 0.923. The Morgan fingerprint density at radius 2 is 1.94 bits per heavy atom. The second-order valence-electron chi connectivity index (χ2n) is 5.43. The largest absolute Gasteiger partial charge is 0.353 e. The number of nitrogens with zero attached hydrogens (tertiary/aromatic N) is 1. The number of rotatable bonds is 3. The minimum absolute atomic E-state index is 0.475. The third-order valence-corrected chi connectivity index (χ3v) is 5.17. The quantitative estimate of drug-likeness (QED) is 0.318. The maximum Gasteiger partial charge on any atom is 0.206 e. The van der Waals surface area contributed by atoms with Crippen molar-refractivity contribution in [1.29, 1.82) is 0 Å². The number of hydrazine groups is 1. The van der Waals surface area contributed by atoms with Crippen LogP contribution in [0, 0.1) is 0 Å². The topological polar surface area (TPSA) is 62.4 Å². The summed E-state index contributed by atoms with van der Waals surface area (Å²) in [5, 5.41) is 4.29. The summed E-state index contributed by atoms with van der Waals surface area (Å²) in [5.41, 5.74) is 2.74. The van der Waals surface area contributed by atoms with Gasteiger partial charge in [0, 0.05) is 11.3 Å². The van der Waals surface area contributed by atoms with Gasteiger partial charge in [0.1, 0.15) is 0 Å². The molecule has 4 nitrogen and oxygen atoms in total. The lowest BCUT2D eigenvalue weighted by molar-refractivity contribution is 0.418. The van der Waals surface area contributed by atoms with Crippen LogP contribution in [-0.2, 0) is 0 Å². The molecular weight excluding hydrogens is 244 g/mol. The van der Waals surface area contributed by atoms with E-state index in [0.29, 0.717) is 12.1 Å². The Morgan fingerprint density at radius 3 is 2.61 bits per heavy atom. The van der Waals surface area contributed by atoms with Crippen LogP contribution in [0.1, 0.15) is 51.4 Å². The van der Waals surface area contributed by atoms with Gasteiger partial charge in [0.05, 0.1) is 6.04 Å². The molecule has 2 unspecified atom stereocenters. The number of nitrogens with two attached hydrogens (primary N) is 1. The van der Waals surface area contributed by atoms with Crippen LogP contribution in [0.15, 0.2) is 4.99 Å². The van der Waals surface area contributed by atoms with Crippen molar-refractivity contribution < 1.29 is 0 Å². The molecule has 104 valence electrons. The average Bonchev–Trinajstić information content (AvgIpc) is 2.91. The molecule has 2 aliphatic rings. The van der Waals surface area contributed by atoms with E-state index in [-0.39, 0.29) is 0 Å². The van der Waals surface area contributed by atoms with Gasteiger partial charge in [-0.2, -0.15) is 11.8 Å². The van der Waals surface area contributed by atoms with E-state index in [2.05, 4.69) is 17.0 Å². The van der Waals surface area contributed by atoms with Crippen molar-refractivity contribution in [2.24, 2.45) is 10.8 Å². The first kappa shape index (κ1) is 14.0. The molecule has 0 aromatic heterocycles. The molecule has 0 bridgehead atoms. The summed E-state index contributed by atoms with van der Waals surface area (Å²) < 4.78 is 0. The van der Waals surface area contributed by atoms with Gasteiger partial charge >= 0.3 is 0 Å². The van der Waals surface area contributed by atoms with Crippen LogP contribution < -0.4 is 16.6 Å². The second-order valence-corrected chi connectivity index (χ2v) is 6.56. The molecule has 0 radical (unpaired) electrons. The number of hydrogen-bond donors (Lipinski definition) is 3. The summed E-state index contributed by atoms with van der Waals surface area (Å²) in [7, 11) is 0. The summed E-state index contributed by atoms with van der Waals surface area (Å²) in [6.45, 7) is 0. The van der Waals surface area contributed by atoms with Crippen LogP contribution >= 0.6 is 11.8 Å². The molecule has 2 fully saturated rings. The van der Waals surface area contributed by atoms with E-state index < -0.39 is 0 Å². The Hall–Kier alpha value is -0.420. The van der Waals surface area contributed by atoms with Crippen molar-refractivity contribution in [2.75, 3.05) is 6.26 Å². The van der Waals surface area contributed by atoms with Crippen molar-refractivity contribution in [3.05, 3.63) is 0 Å². The summed E-state index contributed by atoms with van der Waals surface area (Å²) in [5.74, 6) is 6.39. The average molecular weight is 270 g/mol. The molecule has 18 heavy (non-hydrogen) atoms. The Morgan fingerprint density at radius 1 is 1.17 bits per heavy atom. The van der Waals surface area contributed by atoms with Gasteiger partial charge in [-0.1, -0.05) is 19.3 Å². The lowest BCUT2D eigenvalue weighted by Gasteiger charge is -2.29. The molecule has 0 saturated heterocycles. The highest BCUT2D eigenvalue weighted by Gasteiger charge is 2.22. The third kappa shape index (κ3) is 4.05. The van der Waals surface area contributed by atoms with Crippen LogP contribution in [0.2, 0.25) is 0 Å². The predicted molar refractivity (Wildman–Crippen MR) is 79.7 cm³/mol. The summed E-state index contributed by atoms with van der Waals surface area (Å²) in [6, 6.07) is 1.01. The lowest BCUT2D eigenvalue weighted by Crippen LogP contribution is -2.48. The highest BCUT2D eigenvalue weighted by molar-refractivity contribution is 7.99. The van der Waals surface area contributed by atoms with Gasteiger partial charge in [0.2, 0.25) is 5.96 Å². The first-order valence-corrected chi connectivity index (χ1v) is 8.44. The SMILES string of the molecule is CSC1CCCC(NC(=NC2CCCC2)NN)C1. The molecule has 2 saturated carbocycles. The van der Waals surface area contributed by atoms with Crippen LogP contribution in [0.3, 0.4) is 0 Å². The normalized spacial score (nSPS) is 30.4. The van der Waals surface area contributed by atoms with E-state index in [1.165, 1.54) is 51.4 Å². The lowest BCUT2D eigenvalue weighted by atomic mass is 9.95. The molecule has 0 amide bonds. The van der Waals surface area contributed by atoms with E-state index >= 15 is 0 Å². The molecule has 0 aromatic rings. The fourth-order valence-electron chi connectivity index (χ4n) is 3.02. The molecule has 0 spiro atoms. The standard InChI is InChI=1S/C13H26N4S/c1-18-12-8-4-7-11(9-12)16-13(17-14)15-10-5-2-3-6-10/h10-12H,2-9,14H2,1H3,(H2,15,16,17). The van der Waals surface area contributed by atoms with Crippen LogP contribution in [0.5, 0.6) is 0 Å². The number of hydrogen-bond acceptors (Lipinski definition) is 3. The summed E-state index contributed by atoms with van der Waals surface area (Å²) in [6.07, 6.45) is 12.4. The fourth-order valence-corrected chi connectivity index (χ4v) is 3.84. The highest BCUT2D eigenvalue weighted by atomic mass is 32.2. The molecule has 2 aliphatic carbocycles. The second kappa shape index (κ2) is 7.24. The first-order valence-electron chi connectivity index (χ1n) is 7.15. The zero-order valence-corrected chi connectivity index (χ0v) is 12.1. The van der Waals surface area contributed by atoms with Gasteiger partial charge in [-0.25, -0.2) is 10.8 Å². The third-order valence-electron chi connectivity index (χ3n) is 4.07. The van der Waals surface area contributed by atoms with Gasteiger partial charge in [0.15, 0.2) is 0 Å². The van der Waals surface area contributed by atoms with E-state index in [4.69, 9.17) is 10.8 Å². The predicted octanol–water partition coefficient (Wildman–Crippen LogP) is 2.01. The van der Waals surface area contributed by atoms with Crippen LogP contribution in [-0.4, -0.2) is 29.5 Å². The Bertz CT molecular complexity index is 276. The first-order chi connectivity index (χ1) is 8.81. The van der Waals surface area contributed by atoms with E-state index in [0.717, 1.165) is 11.2 Å². The monoisotopic (exact) mass is 270 g/mol. The number of guanidine groups is 1. The molecule has 0 aliphatic heterocycles. The Balaban J connectivity index is 1.85. The zero-order valence-electron chi connectivity index (χ0n) is 11.3. The highest BCUT2D eigenvalue weighted by Crippen LogP contribution is 2.27. The van der Waals surface area contributed by atoms with Gasteiger partial charge in [-0.15, -0.1) is 0 Å². The maximum absolute atomic E-state index is 5.59. The number of thioether (sulfide) groups is 1.